The maximum Gasteiger partial charge on any atom is 0.266 e. The summed E-state index contributed by atoms with van der Waals surface area (Å²) in [7, 11) is 0. The fraction of sp³-hybridized carbons (Fsp3) is 0.250. The van der Waals surface area contributed by atoms with E-state index in [1.54, 1.807) is 4.90 Å². The SMILES string of the molecule is CCCN(C(=O)COc1ccccc1)c1nnc(-c2ccccc2C)s1. The fourth-order valence-corrected chi connectivity index (χ4v) is 3.52. The number of aryl methyl sites for hydroxylation is 1. The van der Waals surface area contributed by atoms with Crippen LogP contribution in [0.5, 0.6) is 5.75 Å². The molecule has 0 N–H and O–H groups in total. The molecule has 0 bridgehead atoms. The summed E-state index contributed by atoms with van der Waals surface area (Å²) in [5.74, 6) is 0.554. The van der Waals surface area contributed by atoms with Crippen molar-refractivity contribution in [3.63, 3.8) is 0 Å². The highest BCUT2D eigenvalue weighted by Gasteiger charge is 2.20. The molecule has 1 amide bonds. The second kappa shape index (κ2) is 8.58. The van der Waals surface area contributed by atoms with Crippen LogP contribution in [-0.4, -0.2) is 29.3 Å². The molecule has 0 aliphatic heterocycles. The minimum atomic E-state index is -0.122. The van der Waals surface area contributed by atoms with Crippen LogP contribution in [0.4, 0.5) is 5.13 Å². The van der Waals surface area contributed by atoms with E-state index in [2.05, 4.69) is 10.2 Å². The lowest BCUT2D eigenvalue weighted by Gasteiger charge is -2.18. The van der Waals surface area contributed by atoms with Crippen molar-refractivity contribution in [1.29, 1.82) is 0 Å². The number of anilines is 1. The molecule has 3 aromatic rings. The number of rotatable bonds is 7. The molecule has 26 heavy (non-hydrogen) atoms. The van der Waals surface area contributed by atoms with Gasteiger partial charge in [0.15, 0.2) is 6.61 Å². The van der Waals surface area contributed by atoms with Gasteiger partial charge in [-0.15, -0.1) is 10.2 Å². The minimum Gasteiger partial charge on any atom is -0.484 e. The van der Waals surface area contributed by atoms with Crippen LogP contribution >= 0.6 is 11.3 Å². The number of nitrogens with zero attached hydrogens (tertiary/aromatic N) is 3. The number of benzene rings is 2. The number of ether oxygens (including phenoxy) is 1. The highest BCUT2D eigenvalue weighted by atomic mass is 32.1. The van der Waals surface area contributed by atoms with Gasteiger partial charge < -0.3 is 4.74 Å². The molecule has 0 unspecified atom stereocenters. The van der Waals surface area contributed by atoms with E-state index in [-0.39, 0.29) is 12.5 Å². The van der Waals surface area contributed by atoms with E-state index >= 15 is 0 Å². The number of hydrogen-bond acceptors (Lipinski definition) is 5. The molecule has 0 spiro atoms. The largest absolute Gasteiger partial charge is 0.484 e. The van der Waals surface area contributed by atoms with Gasteiger partial charge in [0.05, 0.1) is 0 Å². The van der Waals surface area contributed by atoms with Crippen LogP contribution in [-0.2, 0) is 4.79 Å². The van der Waals surface area contributed by atoms with Crippen molar-refractivity contribution in [3.05, 3.63) is 60.2 Å². The Bertz CT molecular complexity index is 864. The third-order valence-corrected chi connectivity index (χ3v) is 4.85. The van der Waals surface area contributed by atoms with Crippen LogP contribution in [0.1, 0.15) is 18.9 Å². The molecule has 1 aromatic heterocycles. The zero-order chi connectivity index (χ0) is 18.4. The Morgan fingerprint density at radius 1 is 1.08 bits per heavy atom. The maximum atomic E-state index is 12.7. The topological polar surface area (TPSA) is 55.3 Å². The van der Waals surface area contributed by atoms with Crippen molar-refractivity contribution >= 4 is 22.4 Å². The molecule has 0 radical (unpaired) electrons. The average molecular weight is 367 g/mol. The Hall–Kier alpha value is -2.73. The van der Waals surface area contributed by atoms with Gasteiger partial charge in [-0.2, -0.15) is 0 Å². The van der Waals surface area contributed by atoms with Crippen molar-refractivity contribution in [2.75, 3.05) is 18.1 Å². The molecule has 0 saturated heterocycles. The molecular weight excluding hydrogens is 346 g/mol. The summed E-state index contributed by atoms with van der Waals surface area (Å²) in [6, 6.07) is 17.4. The van der Waals surface area contributed by atoms with E-state index in [1.165, 1.54) is 11.3 Å². The third-order valence-electron chi connectivity index (χ3n) is 3.87. The number of aromatic nitrogens is 2. The number of carbonyl (C=O) groups excluding carboxylic acids is 1. The van der Waals surface area contributed by atoms with E-state index in [0.29, 0.717) is 17.4 Å². The normalized spacial score (nSPS) is 10.5. The maximum absolute atomic E-state index is 12.7. The van der Waals surface area contributed by atoms with E-state index in [0.717, 1.165) is 22.6 Å². The molecule has 0 aliphatic carbocycles. The van der Waals surface area contributed by atoms with Gasteiger partial charge in [0, 0.05) is 12.1 Å². The molecule has 2 aromatic carbocycles. The predicted molar refractivity (Wildman–Crippen MR) is 105 cm³/mol. The Morgan fingerprint density at radius 3 is 2.54 bits per heavy atom. The van der Waals surface area contributed by atoms with Gasteiger partial charge in [-0.1, -0.05) is 60.7 Å². The van der Waals surface area contributed by atoms with Crippen LogP contribution < -0.4 is 9.64 Å². The molecule has 3 rings (SSSR count). The first-order valence-corrected chi connectivity index (χ1v) is 9.38. The quantitative estimate of drug-likeness (QED) is 0.623. The highest BCUT2D eigenvalue weighted by molar-refractivity contribution is 7.18. The summed E-state index contributed by atoms with van der Waals surface area (Å²) in [5.41, 5.74) is 2.18. The van der Waals surface area contributed by atoms with Gasteiger partial charge in [0.1, 0.15) is 10.8 Å². The van der Waals surface area contributed by atoms with Gasteiger partial charge in [-0.3, -0.25) is 9.69 Å². The van der Waals surface area contributed by atoms with E-state index in [4.69, 9.17) is 4.74 Å². The zero-order valence-corrected chi connectivity index (χ0v) is 15.7. The van der Waals surface area contributed by atoms with Crippen molar-refractivity contribution in [2.45, 2.75) is 20.3 Å². The van der Waals surface area contributed by atoms with Gasteiger partial charge in [-0.25, -0.2) is 0 Å². The highest BCUT2D eigenvalue weighted by Crippen LogP contribution is 2.30. The Morgan fingerprint density at radius 2 is 1.81 bits per heavy atom. The number of hydrogen-bond donors (Lipinski definition) is 0. The van der Waals surface area contributed by atoms with Crippen LogP contribution in [0.2, 0.25) is 0 Å². The first-order valence-electron chi connectivity index (χ1n) is 8.56. The molecule has 0 saturated carbocycles. The van der Waals surface area contributed by atoms with Crippen LogP contribution in [0, 0.1) is 6.92 Å². The molecule has 1 heterocycles. The predicted octanol–water partition coefficient (Wildman–Crippen LogP) is 4.34. The van der Waals surface area contributed by atoms with Crippen LogP contribution in [0.15, 0.2) is 54.6 Å². The first-order chi connectivity index (χ1) is 12.7. The molecule has 6 heteroatoms. The van der Waals surface area contributed by atoms with E-state index < -0.39 is 0 Å². The molecule has 5 nitrogen and oxygen atoms in total. The third kappa shape index (κ3) is 4.26. The summed E-state index contributed by atoms with van der Waals surface area (Å²) >= 11 is 1.43. The molecular formula is C20H21N3O2S. The molecule has 134 valence electrons. The minimum absolute atomic E-state index is 0.0245. The molecule has 0 aliphatic rings. The van der Waals surface area contributed by atoms with E-state index in [9.17, 15) is 4.79 Å². The lowest BCUT2D eigenvalue weighted by molar-refractivity contribution is -0.120. The molecule has 0 atom stereocenters. The lowest BCUT2D eigenvalue weighted by atomic mass is 10.1. The smallest absolute Gasteiger partial charge is 0.266 e. The van der Waals surface area contributed by atoms with Gasteiger partial charge >= 0.3 is 0 Å². The summed E-state index contributed by atoms with van der Waals surface area (Å²) in [5, 5.41) is 9.95. The van der Waals surface area contributed by atoms with E-state index in [1.807, 2.05) is 68.4 Å². The summed E-state index contributed by atoms with van der Waals surface area (Å²) in [6.45, 7) is 4.63. The summed E-state index contributed by atoms with van der Waals surface area (Å²) < 4.78 is 5.59. The Balaban J connectivity index is 1.75. The van der Waals surface area contributed by atoms with Crippen molar-refractivity contribution < 1.29 is 9.53 Å². The van der Waals surface area contributed by atoms with Gasteiger partial charge in [0.2, 0.25) is 5.13 Å². The van der Waals surface area contributed by atoms with Crippen LogP contribution in [0.25, 0.3) is 10.6 Å². The summed E-state index contributed by atoms with van der Waals surface area (Å²) in [4.78, 5) is 14.3. The second-order valence-corrected chi connectivity index (χ2v) is 6.81. The van der Waals surface area contributed by atoms with Crippen molar-refractivity contribution in [2.24, 2.45) is 0 Å². The molecule has 0 fully saturated rings. The summed E-state index contributed by atoms with van der Waals surface area (Å²) in [6.07, 6.45) is 0.830. The number of carbonyl (C=O) groups is 1. The van der Waals surface area contributed by atoms with Gasteiger partial charge in [0.25, 0.3) is 5.91 Å². The first kappa shape index (κ1) is 18.1. The lowest BCUT2D eigenvalue weighted by Crippen LogP contribution is -2.35. The second-order valence-electron chi connectivity index (χ2n) is 5.85. The van der Waals surface area contributed by atoms with Crippen molar-refractivity contribution in [1.82, 2.24) is 10.2 Å². The van der Waals surface area contributed by atoms with Crippen LogP contribution in [0.3, 0.4) is 0 Å². The monoisotopic (exact) mass is 367 g/mol. The Labute approximate surface area is 157 Å². The standard InChI is InChI=1S/C20H21N3O2S/c1-3-13-23(18(24)14-25-16-10-5-4-6-11-16)20-22-21-19(26-20)17-12-8-7-9-15(17)2/h4-12H,3,13-14H2,1-2H3. The van der Waals surface area contributed by atoms with Gasteiger partial charge in [-0.05, 0) is 31.0 Å². The number of amides is 1. The van der Waals surface area contributed by atoms with Crippen molar-refractivity contribution in [3.8, 4) is 16.3 Å². The zero-order valence-electron chi connectivity index (χ0n) is 14.9. The Kier molecular flexibility index (Phi) is 5.96. The average Bonchev–Trinajstić information content (AvgIpc) is 3.15. The fourth-order valence-electron chi connectivity index (χ4n) is 2.54. The number of para-hydroxylation sites is 1.